The molecule has 2 heterocycles. The van der Waals surface area contributed by atoms with Gasteiger partial charge in [-0.3, -0.25) is 0 Å². The van der Waals surface area contributed by atoms with E-state index in [2.05, 4.69) is 52.4 Å². The van der Waals surface area contributed by atoms with Crippen molar-refractivity contribution >= 4 is 11.5 Å². The number of hydrogen-bond donors (Lipinski definition) is 1. The van der Waals surface area contributed by atoms with Crippen LogP contribution in [0.15, 0.2) is 36.7 Å². The van der Waals surface area contributed by atoms with E-state index in [1.165, 1.54) is 11.1 Å². The summed E-state index contributed by atoms with van der Waals surface area (Å²) in [4.78, 5) is 8.60. The Morgan fingerprint density at radius 2 is 1.59 bits per heavy atom. The Hall–Kier alpha value is -2.69. The SMILES string of the molecule is Cc1cc(C)cc(Nc2cc(-n3nc(C)cc3C)ncn2)c1. The fourth-order valence-corrected chi connectivity index (χ4v) is 2.59. The minimum Gasteiger partial charge on any atom is -0.340 e. The van der Waals surface area contributed by atoms with Crippen LogP contribution >= 0.6 is 0 Å². The van der Waals surface area contributed by atoms with Crippen molar-refractivity contribution in [2.45, 2.75) is 27.7 Å². The van der Waals surface area contributed by atoms with E-state index in [1.807, 2.05) is 30.7 Å². The lowest BCUT2D eigenvalue weighted by atomic mass is 10.1. The number of nitrogens with zero attached hydrogens (tertiary/aromatic N) is 4. The van der Waals surface area contributed by atoms with Crippen LogP contribution < -0.4 is 5.32 Å². The number of nitrogens with one attached hydrogen (secondary N) is 1. The molecule has 0 radical (unpaired) electrons. The molecule has 0 saturated heterocycles. The predicted octanol–water partition coefficient (Wildman–Crippen LogP) is 3.64. The molecule has 0 unspecified atom stereocenters. The van der Waals surface area contributed by atoms with Crippen molar-refractivity contribution in [2.24, 2.45) is 0 Å². The van der Waals surface area contributed by atoms with Crippen LogP contribution in [0.2, 0.25) is 0 Å². The molecule has 0 spiro atoms. The van der Waals surface area contributed by atoms with Crippen molar-refractivity contribution in [1.82, 2.24) is 19.7 Å². The van der Waals surface area contributed by atoms with Crippen LogP contribution in [0, 0.1) is 27.7 Å². The molecule has 0 atom stereocenters. The third-order valence-electron chi connectivity index (χ3n) is 3.37. The van der Waals surface area contributed by atoms with E-state index < -0.39 is 0 Å². The van der Waals surface area contributed by atoms with Crippen LogP contribution in [0.25, 0.3) is 5.82 Å². The minimum atomic E-state index is 0.752. The van der Waals surface area contributed by atoms with Crippen LogP contribution in [-0.4, -0.2) is 19.7 Å². The first-order chi connectivity index (χ1) is 10.5. The zero-order chi connectivity index (χ0) is 15.7. The summed E-state index contributed by atoms with van der Waals surface area (Å²) >= 11 is 0. The smallest absolute Gasteiger partial charge is 0.159 e. The van der Waals surface area contributed by atoms with Gasteiger partial charge >= 0.3 is 0 Å². The fourth-order valence-electron chi connectivity index (χ4n) is 2.59. The first-order valence-electron chi connectivity index (χ1n) is 7.22. The van der Waals surface area contributed by atoms with E-state index in [1.54, 1.807) is 6.33 Å². The Labute approximate surface area is 130 Å². The molecule has 2 aromatic heterocycles. The standard InChI is InChI=1S/C17H19N5/c1-11-5-12(2)7-15(6-11)20-16-9-17(19-10-18-16)22-14(4)8-13(3)21-22/h5-10H,1-4H3,(H,18,19,20). The average molecular weight is 293 g/mol. The topological polar surface area (TPSA) is 55.6 Å². The van der Waals surface area contributed by atoms with E-state index in [9.17, 15) is 0 Å². The first-order valence-corrected chi connectivity index (χ1v) is 7.22. The minimum absolute atomic E-state index is 0.752. The summed E-state index contributed by atoms with van der Waals surface area (Å²) in [6.07, 6.45) is 1.55. The number of aryl methyl sites for hydroxylation is 4. The molecule has 0 aliphatic carbocycles. The van der Waals surface area contributed by atoms with Crippen LogP contribution in [0.3, 0.4) is 0 Å². The molecule has 0 aliphatic heterocycles. The molecule has 0 bridgehead atoms. The molecule has 1 aromatic carbocycles. The first kappa shape index (κ1) is 14.3. The van der Waals surface area contributed by atoms with Gasteiger partial charge in [-0.1, -0.05) is 6.07 Å². The molecule has 3 rings (SSSR count). The maximum absolute atomic E-state index is 4.46. The van der Waals surface area contributed by atoms with Gasteiger partial charge in [0, 0.05) is 17.4 Å². The summed E-state index contributed by atoms with van der Waals surface area (Å²) in [6.45, 7) is 8.15. The van der Waals surface area contributed by atoms with Gasteiger partial charge in [0.05, 0.1) is 5.69 Å². The Morgan fingerprint density at radius 1 is 0.864 bits per heavy atom. The largest absolute Gasteiger partial charge is 0.340 e. The molecule has 5 heteroatoms. The molecule has 3 aromatic rings. The summed E-state index contributed by atoms with van der Waals surface area (Å²) in [5.74, 6) is 1.51. The van der Waals surface area contributed by atoms with Gasteiger partial charge in [-0.05, 0) is 57.0 Å². The van der Waals surface area contributed by atoms with E-state index in [4.69, 9.17) is 0 Å². The van der Waals surface area contributed by atoms with E-state index in [0.29, 0.717) is 0 Å². The van der Waals surface area contributed by atoms with Gasteiger partial charge in [-0.25, -0.2) is 14.6 Å². The molecule has 0 fully saturated rings. The highest BCUT2D eigenvalue weighted by molar-refractivity contribution is 5.59. The second-order valence-corrected chi connectivity index (χ2v) is 5.60. The van der Waals surface area contributed by atoms with Crippen LogP contribution in [0.1, 0.15) is 22.5 Å². The van der Waals surface area contributed by atoms with Crippen molar-refractivity contribution < 1.29 is 0 Å². The Balaban J connectivity index is 1.93. The highest BCUT2D eigenvalue weighted by atomic mass is 15.3. The summed E-state index contributed by atoms with van der Waals surface area (Å²) in [7, 11) is 0. The monoisotopic (exact) mass is 293 g/mol. The highest BCUT2D eigenvalue weighted by Gasteiger charge is 2.07. The number of aromatic nitrogens is 4. The predicted molar refractivity (Wildman–Crippen MR) is 87.8 cm³/mol. The molecule has 112 valence electrons. The van der Waals surface area contributed by atoms with Gasteiger partial charge in [0.1, 0.15) is 12.1 Å². The van der Waals surface area contributed by atoms with Gasteiger partial charge in [-0.15, -0.1) is 0 Å². The summed E-state index contributed by atoms with van der Waals surface area (Å²) in [5, 5.41) is 7.79. The zero-order valence-corrected chi connectivity index (χ0v) is 13.3. The lowest BCUT2D eigenvalue weighted by Gasteiger charge is -2.09. The maximum atomic E-state index is 4.46. The quantitative estimate of drug-likeness (QED) is 0.801. The molecule has 0 saturated carbocycles. The van der Waals surface area contributed by atoms with Crippen molar-refractivity contribution in [3.05, 3.63) is 59.2 Å². The van der Waals surface area contributed by atoms with Gasteiger partial charge in [0.25, 0.3) is 0 Å². The second-order valence-electron chi connectivity index (χ2n) is 5.60. The van der Waals surface area contributed by atoms with Crippen LogP contribution in [0.4, 0.5) is 11.5 Å². The lowest BCUT2D eigenvalue weighted by Crippen LogP contribution is -2.04. The Kier molecular flexibility index (Phi) is 3.63. The summed E-state index contributed by atoms with van der Waals surface area (Å²) < 4.78 is 1.82. The van der Waals surface area contributed by atoms with Crippen LogP contribution in [0.5, 0.6) is 0 Å². The number of benzene rings is 1. The third kappa shape index (κ3) is 2.98. The van der Waals surface area contributed by atoms with Crippen molar-refractivity contribution in [1.29, 1.82) is 0 Å². The normalized spacial score (nSPS) is 10.7. The molecule has 0 aliphatic rings. The van der Waals surface area contributed by atoms with E-state index in [0.717, 1.165) is 28.7 Å². The second kappa shape index (κ2) is 5.60. The van der Waals surface area contributed by atoms with Gasteiger partial charge in [-0.2, -0.15) is 5.10 Å². The highest BCUT2D eigenvalue weighted by Crippen LogP contribution is 2.19. The Bertz CT molecular complexity index is 799. The molecule has 0 amide bonds. The molecular weight excluding hydrogens is 274 g/mol. The average Bonchev–Trinajstić information content (AvgIpc) is 2.77. The molecular formula is C17H19N5. The summed E-state index contributed by atoms with van der Waals surface area (Å²) in [5.41, 5.74) is 5.48. The number of hydrogen-bond acceptors (Lipinski definition) is 4. The zero-order valence-electron chi connectivity index (χ0n) is 13.3. The van der Waals surface area contributed by atoms with Gasteiger partial charge < -0.3 is 5.32 Å². The lowest BCUT2D eigenvalue weighted by molar-refractivity contribution is 0.801. The molecule has 5 nitrogen and oxygen atoms in total. The van der Waals surface area contributed by atoms with Gasteiger partial charge in [0.15, 0.2) is 5.82 Å². The van der Waals surface area contributed by atoms with Gasteiger partial charge in [0.2, 0.25) is 0 Å². The Morgan fingerprint density at radius 3 is 2.23 bits per heavy atom. The molecule has 1 N–H and O–H groups in total. The fraction of sp³-hybridized carbons (Fsp3) is 0.235. The van der Waals surface area contributed by atoms with Crippen LogP contribution in [-0.2, 0) is 0 Å². The van der Waals surface area contributed by atoms with Crippen molar-refractivity contribution in [3.8, 4) is 5.82 Å². The maximum Gasteiger partial charge on any atom is 0.159 e. The summed E-state index contributed by atoms with van der Waals surface area (Å²) in [6, 6.07) is 10.3. The number of rotatable bonds is 3. The van der Waals surface area contributed by atoms with E-state index in [-0.39, 0.29) is 0 Å². The van der Waals surface area contributed by atoms with Crippen molar-refractivity contribution in [3.63, 3.8) is 0 Å². The molecule has 22 heavy (non-hydrogen) atoms. The number of anilines is 2. The van der Waals surface area contributed by atoms with Crippen molar-refractivity contribution in [2.75, 3.05) is 5.32 Å². The third-order valence-corrected chi connectivity index (χ3v) is 3.37. The van der Waals surface area contributed by atoms with E-state index >= 15 is 0 Å².